The van der Waals surface area contributed by atoms with E-state index < -0.39 is 0 Å². The fraction of sp³-hybridized carbons (Fsp3) is 0.250. The number of hydrogen-bond donors (Lipinski definition) is 2. The molecular formula is C8H9ClINO. The van der Waals surface area contributed by atoms with E-state index in [-0.39, 0.29) is 12.6 Å². The summed E-state index contributed by atoms with van der Waals surface area (Å²) in [5, 5.41) is 9.46. The molecule has 0 bridgehead atoms. The van der Waals surface area contributed by atoms with Gasteiger partial charge in [0, 0.05) is 3.57 Å². The van der Waals surface area contributed by atoms with Gasteiger partial charge in [-0.2, -0.15) is 0 Å². The molecule has 4 heteroatoms. The van der Waals surface area contributed by atoms with E-state index in [1.54, 1.807) is 0 Å². The molecule has 1 rings (SSSR count). The van der Waals surface area contributed by atoms with Crippen LogP contribution in [0.3, 0.4) is 0 Å². The summed E-state index contributed by atoms with van der Waals surface area (Å²) in [6, 6.07) is 5.22. The maximum absolute atomic E-state index is 8.82. The largest absolute Gasteiger partial charge is 0.394 e. The van der Waals surface area contributed by atoms with Crippen molar-refractivity contribution in [1.29, 1.82) is 0 Å². The summed E-state index contributed by atoms with van der Waals surface area (Å²) in [5.41, 5.74) is 6.42. The third-order valence-corrected chi connectivity index (χ3v) is 3.22. The molecule has 1 aromatic carbocycles. The molecule has 0 fully saturated rings. The van der Waals surface area contributed by atoms with Crippen LogP contribution < -0.4 is 5.73 Å². The Balaban J connectivity index is 3.07. The summed E-state index contributed by atoms with van der Waals surface area (Å²) >= 11 is 8.10. The number of nitrogens with two attached hydrogens (primary N) is 1. The van der Waals surface area contributed by atoms with Gasteiger partial charge in [-0.3, -0.25) is 0 Å². The molecule has 0 saturated carbocycles. The second-order valence-corrected chi connectivity index (χ2v) is 3.97. The minimum Gasteiger partial charge on any atom is -0.394 e. The Kier molecular flexibility index (Phi) is 3.77. The van der Waals surface area contributed by atoms with Gasteiger partial charge in [-0.15, -0.1) is 0 Å². The summed E-state index contributed by atoms with van der Waals surface area (Å²) in [5.74, 6) is 0. The number of rotatable bonds is 2. The van der Waals surface area contributed by atoms with E-state index in [0.717, 1.165) is 9.13 Å². The van der Waals surface area contributed by atoms with E-state index in [1.807, 2.05) is 18.2 Å². The Morgan fingerprint density at radius 3 is 2.83 bits per heavy atom. The van der Waals surface area contributed by atoms with E-state index >= 15 is 0 Å². The first-order valence-electron chi connectivity index (χ1n) is 3.47. The van der Waals surface area contributed by atoms with Crippen molar-refractivity contribution in [1.82, 2.24) is 0 Å². The van der Waals surface area contributed by atoms with Crippen LogP contribution in [0.2, 0.25) is 5.02 Å². The minimum absolute atomic E-state index is 0.0835. The number of halogens is 2. The first kappa shape index (κ1) is 10.2. The highest BCUT2D eigenvalue weighted by Gasteiger charge is 2.10. The van der Waals surface area contributed by atoms with Gasteiger partial charge in [0.05, 0.1) is 17.7 Å². The monoisotopic (exact) mass is 297 g/mol. The molecule has 0 aliphatic carbocycles. The molecule has 0 aromatic heterocycles. The van der Waals surface area contributed by atoms with Crippen molar-refractivity contribution in [3.05, 3.63) is 32.4 Å². The normalized spacial score (nSPS) is 13.0. The first-order chi connectivity index (χ1) is 5.66. The third kappa shape index (κ3) is 2.10. The van der Waals surface area contributed by atoms with E-state index in [2.05, 4.69) is 22.6 Å². The zero-order valence-corrected chi connectivity index (χ0v) is 9.21. The molecule has 0 aliphatic rings. The molecule has 0 spiro atoms. The number of hydrogen-bond acceptors (Lipinski definition) is 2. The van der Waals surface area contributed by atoms with Gasteiger partial charge in [-0.1, -0.05) is 23.7 Å². The lowest BCUT2D eigenvalue weighted by atomic mass is 10.1. The van der Waals surface area contributed by atoms with E-state index in [9.17, 15) is 0 Å². The van der Waals surface area contributed by atoms with Gasteiger partial charge in [0.2, 0.25) is 0 Å². The molecule has 1 atom stereocenters. The van der Waals surface area contributed by atoms with E-state index in [4.69, 9.17) is 22.4 Å². The Labute approximate surface area is 89.9 Å². The zero-order valence-electron chi connectivity index (χ0n) is 6.30. The Hall–Kier alpha value is 0.160. The zero-order chi connectivity index (χ0) is 9.14. The van der Waals surface area contributed by atoms with Crippen LogP contribution in [0.15, 0.2) is 18.2 Å². The van der Waals surface area contributed by atoms with Crippen LogP contribution in [0.1, 0.15) is 11.6 Å². The highest BCUT2D eigenvalue weighted by molar-refractivity contribution is 14.1. The fourth-order valence-corrected chi connectivity index (χ4v) is 1.69. The van der Waals surface area contributed by atoms with Crippen molar-refractivity contribution < 1.29 is 5.11 Å². The molecule has 0 aliphatic heterocycles. The third-order valence-electron chi connectivity index (χ3n) is 1.58. The highest BCUT2D eigenvalue weighted by Crippen LogP contribution is 2.26. The summed E-state index contributed by atoms with van der Waals surface area (Å²) in [4.78, 5) is 0. The van der Waals surface area contributed by atoms with Crippen molar-refractivity contribution in [3.8, 4) is 0 Å². The van der Waals surface area contributed by atoms with Crippen LogP contribution in [0.4, 0.5) is 0 Å². The summed E-state index contributed by atoms with van der Waals surface area (Å²) in [6.45, 7) is -0.0835. The van der Waals surface area contributed by atoms with E-state index in [1.165, 1.54) is 0 Å². The minimum atomic E-state index is -0.382. The van der Waals surface area contributed by atoms with Gasteiger partial charge >= 0.3 is 0 Å². The predicted octanol–water partition coefficient (Wildman–Crippen LogP) is 1.94. The summed E-state index contributed by atoms with van der Waals surface area (Å²) in [6.07, 6.45) is 0. The van der Waals surface area contributed by atoms with Gasteiger partial charge in [0.25, 0.3) is 0 Å². The summed E-state index contributed by atoms with van der Waals surface area (Å²) in [7, 11) is 0. The molecular weight excluding hydrogens is 288 g/mol. The lowest BCUT2D eigenvalue weighted by Gasteiger charge is -2.10. The van der Waals surface area contributed by atoms with Gasteiger partial charge in [0.1, 0.15) is 0 Å². The number of aliphatic hydroxyl groups is 1. The standard InChI is InChI=1S/C8H9ClINO/c9-8-5(7(11)4-12)2-1-3-6(8)10/h1-3,7,12H,4,11H2/t7-/m1/s1. The molecule has 0 radical (unpaired) electrons. The topological polar surface area (TPSA) is 46.2 Å². The number of benzene rings is 1. The quantitative estimate of drug-likeness (QED) is 0.820. The van der Waals surface area contributed by atoms with Crippen LogP contribution in [-0.2, 0) is 0 Å². The molecule has 0 saturated heterocycles. The molecule has 2 nitrogen and oxygen atoms in total. The summed E-state index contributed by atoms with van der Waals surface area (Å²) < 4.78 is 0.954. The molecule has 0 amide bonds. The highest BCUT2D eigenvalue weighted by atomic mass is 127. The lowest BCUT2D eigenvalue weighted by Crippen LogP contribution is -2.15. The van der Waals surface area contributed by atoms with Gasteiger partial charge in [-0.25, -0.2) is 0 Å². The van der Waals surface area contributed by atoms with Crippen LogP contribution in [0, 0.1) is 3.57 Å². The molecule has 66 valence electrons. The van der Waals surface area contributed by atoms with Crippen LogP contribution in [-0.4, -0.2) is 11.7 Å². The molecule has 3 N–H and O–H groups in total. The average Bonchev–Trinajstić information content (AvgIpc) is 2.08. The SMILES string of the molecule is N[C@H](CO)c1cccc(I)c1Cl. The molecule has 0 heterocycles. The maximum Gasteiger partial charge on any atom is 0.0624 e. The Morgan fingerprint density at radius 2 is 2.25 bits per heavy atom. The van der Waals surface area contributed by atoms with Crippen molar-refractivity contribution in [2.24, 2.45) is 5.73 Å². The second kappa shape index (κ2) is 4.41. The average molecular weight is 298 g/mol. The van der Waals surface area contributed by atoms with Crippen LogP contribution >= 0.6 is 34.2 Å². The molecule has 1 aromatic rings. The lowest BCUT2D eigenvalue weighted by molar-refractivity contribution is 0.268. The number of aliphatic hydroxyl groups excluding tert-OH is 1. The van der Waals surface area contributed by atoms with Gasteiger partial charge in [0.15, 0.2) is 0 Å². The predicted molar refractivity (Wildman–Crippen MR) is 58.2 cm³/mol. The van der Waals surface area contributed by atoms with Crippen LogP contribution in [0.25, 0.3) is 0 Å². The second-order valence-electron chi connectivity index (χ2n) is 2.43. The van der Waals surface area contributed by atoms with Crippen LogP contribution in [0.5, 0.6) is 0 Å². The Bertz CT molecular complexity index is 280. The Morgan fingerprint density at radius 1 is 1.58 bits per heavy atom. The van der Waals surface area contributed by atoms with Crippen molar-refractivity contribution in [2.75, 3.05) is 6.61 Å². The van der Waals surface area contributed by atoms with Gasteiger partial charge < -0.3 is 10.8 Å². The maximum atomic E-state index is 8.82. The molecule has 12 heavy (non-hydrogen) atoms. The van der Waals surface area contributed by atoms with Crippen molar-refractivity contribution in [2.45, 2.75) is 6.04 Å². The molecule has 0 unspecified atom stereocenters. The van der Waals surface area contributed by atoms with Gasteiger partial charge in [-0.05, 0) is 34.2 Å². The fourth-order valence-electron chi connectivity index (χ4n) is 0.905. The smallest absolute Gasteiger partial charge is 0.0624 e. The first-order valence-corrected chi connectivity index (χ1v) is 4.93. The van der Waals surface area contributed by atoms with Crippen molar-refractivity contribution >= 4 is 34.2 Å². The van der Waals surface area contributed by atoms with E-state index in [0.29, 0.717) is 5.02 Å². The van der Waals surface area contributed by atoms with Crippen molar-refractivity contribution in [3.63, 3.8) is 0 Å².